The first-order valence-electron chi connectivity index (χ1n) is 5.78. The monoisotopic (exact) mass is 309 g/mol. The first-order chi connectivity index (χ1) is 9.93. The molecule has 2 aromatic rings. The molecule has 0 aliphatic heterocycles. The second-order valence-corrected chi connectivity index (χ2v) is 4.63. The molecule has 0 saturated heterocycles. The second-order valence-electron chi connectivity index (χ2n) is 4.23. The Hall–Kier alpha value is -2.32. The smallest absolute Gasteiger partial charge is 0.188 e. The van der Waals surface area contributed by atoms with E-state index in [-0.39, 0.29) is 10.6 Å². The number of Topliss-reactive ketones (excluding diaryl/α,β-unsaturated/α-hetero) is 1. The Morgan fingerprint density at radius 2 is 1.76 bits per heavy atom. The van der Waals surface area contributed by atoms with Gasteiger partial charge in [-0.2, -0.15) is 5.26 Å². The van der Waals surface area contributed by atoms with Gasteiger partial charge in [-0.3, -0.25) is 4.79 Å². The fraction of sp³-hybridized carbons (Fsp3) is 0.0667. The summed E-state index contributed by atoms with van der Waals surface area (Å²) >= 11 is 5.76. The third kappa shape index (κ3) is 3.06. The summed E-state index contributed by atoms with van der Waals surface area (Å²) in [6.45, 7) is 0. The Morgan fingerprint density at radius 3 is 2.29 bits per heavy atom. The van der Waals surface area contributed by atoms with E-state index in [0.29, 0.717) is 6.07 Å². The van der Waals surface area contributed by atoms with Crippen molar-refractivity contribution in [3.63, 3.8) is 0 Å². The summed E-state index contributed by atoms with van der Waals surface area (Å²) < 4.78 is 40.1. The van der Waals surface area contributed by atoms with Crippen LogP contribution in [0.4, 0.5) is 13.2 Å². The minimum atomic E-state index is -1.55. The zero-order chi connectivity index (χ0) is 15.6. The van der Waals surface area contributed by atoms with Crippen molar-refractivity contribution in [3.8, 4) is 6.07 Å². The molecule has 0 spiro atoms. The van der Waals surface area contributed by atoms with Crippen molar-refractivity contribution in [2.75, 3.05) is 0 Å². The average molecular weight is 310 g/mol. The molecule has 2 rings (SSSR count). The van der Waals surface area contributed by atoms with Gasteiger partial charge < -0.3 is 0 Å². The van der Waals surface area contributed by atoms with Gasteiger partial charge in [0.2, 0.25) is 0 Å². The van der Waals surface area contributed by atoms with Crippen LogP contribution in [0.25, 0.3) is 0 Å². The summed E-state index contributed by atoms with van der Waals surface area (Å²) in [5, 5.41) is 8.92. The maximum atomic E-state index is 13.7. The van der Waals surface area contributed by atoms with Gasteiger partial charge in [0.15, 0.2) is 5.78 Å². The summed E-state index contributed by atoms with van der Waals surface area (Å²) in [5.74, 6) is -5.27. The van der Waals surface area contributed by atoms with Gasteiger partial charge in [0.25, 0.3) is 0 Å². The number of rotatable bonds is 3. The van der Waals surface area contributed by atoms with Crippen molar-refractivity contribution < 1.29 is 18.0 Å². The summed E-state index contributed by atoms with van der Waals surface area (Å²) in [5.41, 5.74) is -0.672. The predicted octanol–water partition coefficient (Wildman–Crippen LogP) is 4.25. The van der Waals surface area contributed by atoms with Gasteiger partial charge in [0.05, 0.1) is 16.7 Å². The number of hydrogen-bond acceptors (Lipinski definition) is 2. The maximum Gasteiger partial charge on any atom is 0.188 e. The first kappa shape index (κ1) is 15.1. The van der Waals surface area contributed by atoms with E-state index in [4.69, 9.17) is 16.9 Å². The van der Waals surface area contributed by atoms with Crippen molar-refractivity contribution in [1.82, 2.24) is 0 Å². The summed E-state index contributed by atoms with van der Waals surface area (Å²) in [6, 6.07) is 7.54. The number of benzene rings is 2. The molecule has 21 heavy (non-hydrogen) atoms. The van der Waals surface area contributed by atoms with E-state index in [0.717, 1.165) is 18.2 Å². The molecule has 0 aliphatic carbocycles. The molecule has 0 aliphatic rings. The van der Waals surface area contributed by atoms with Crippen LogP contribution in [0.3, 0.4) is 0 Å². The summed E-state index contributed by atoms with van der Waals surface area (Å²) in [7, 11) is 0. The molecule has 6 heteroatoms. The Kier molecular flexibility index (Phi) is 4.29. The van der Waals surface area contributed by atoms with Crippen LogP contribution < -0.4 is 0 Å². The quantitative estimate of drug-likeness (QED) is 0.795. The van der Waals surface area contributed by atoms with Crippen LogP contribution in [0.2, 0.25) is 5.02 Å². The average Bonchev–Trinajstić information content (AvgIpc) is 2.38. The zero-order valence-electron chi connectivity index (χ0n) is 10.4. The normalized spacial score (nSPS) is 11.8. The van der Waals surface area contributed by atoms with E-state index in [2.05, 4.69) is 0 Å². The molecule has 0 saturated carbocycles. The van der Waals surface area contributed by atoms with Crippen LogP contribution in [0, 0.1) is 28.8 Å². The molecular formula is C15H7ClF3NO. The molecule has 0 N–H and O–H groups in total. The van der Waals surface area contributed by atoms with Crippen LogP contribution in [-0.2, 0) is 0 Å². The lowest BCUT2D eigenvalue weighted by Gasteiger charge is -2.11. The highest BCUT2D eigenvalue weighted by Crippen LogP contribution is 2.27. The topological polar surface area (TPSA) is 40.9 Å². The highest BCUT2D eigenvalue weighted by Gasteiger charge is 2.27. The molecule has 0 fully saturated rings. The molecule has 1 unspecified atom stereocenters. The molecule has 0 bridgehead atoms. The number of nitrogens with zero attached hydrogens (tertiary/aromatic N) is 1. The lowest BCUT2D eigenvalue weighted by atomic mass is 9.91. The number of halogens is 4. The SMILES string of the molecule is N#CC(C(=O)c1c(F)cccc1Cl)c1cc(F)cc(F)c1. The standard InChI is InChI=1S/C15H7ClF3NO/c16-12-2-1-3-13(19)14(12)15(21)11(7-20)8-4-9(17)6-10(18)5-8/h1-6,11H. The molecule has 0 amide bonds. The Labute approximate surface area is 123 Å². The number of carbonyl (C=O) groups is 1. The van der Waals surface area contributed by atoms with Gasteiger partial charge in [0, 0.05) is 6.07 Å². The van der Waals surface area contributed by atoms with E-state index in [1.165, 1.54) is 12.1 Å². The fourth-order valence-corrected chi connectivity index (χ4v) is 2.16. The first-order valence-corrected chi connectivity index (χ1v) is 6.15. The third-order valence-corrected chi connectivity index (χ3v) is 3.13. The van der Waals surface area contributed by atoms with Gasteiger partial charge in [-0.25, -0.2) is 13.2 Å². The maximum absolute atomic E-state index is 13.7. The van der Waals surface area contributed by atoms with Gasteiger partial charge in [-0.1, -0.05) is 17.7 Å². The third-order valence-electron chi connectivity index (χ3n) is 2.82. The number of hydrogen-bond donors (Lipinski definition) is 0. The van der Waals surface area contributed by atoms with Crippen molar-refractivity contribution in [2.45, 2.75) is 5.92 Å². The molecule has 2 nitrogen and oxygen atoms in total. The van der Waals surface area contributed by atoms with Crippen molar-refractivity contribution in [1.29, 1.82) is 5.26 Å². The Bertz CT molecular complexity index is 715. The molecular weight excluding hydrogens is 303 g/mol. The molecule has 106 valence electrons. The van der Waals surface area contributed by atoms with Crippen molar-refractivity contribution in [2.24, 2.45) is 0 Å². The van der Waals surface area contributed by atoms with Crippen LogP contribution >= 0.6 is 11.6 Å². The van der Waals surface area contributed by atoms with E-state index in [1.54, 1.807) is 6.07 Å². The number of ketones is 1. The van der Waals surface area contributed by atoms with Gasteiger partial charge in [-0.15, -0.1) is 0 Å². The number of carbonyl (C=O) groups excluding carboxylic acids is 1. The molecule has 0 radical (unpaired) electrons. The summed E-state index contributed by atoms with van der Waals surface area (Å²) in [6.07, 6.45) is 0. The van der Waals surface area contributed by atoms with Crippen molar-refractivity contribution >= 4 is 17.4 Å². The Morgan fingerprint density at radius 1 is 1.14 bits per heavy atom. The minimum absolute atomic E-state index is 0.169. The highest BCUT2D eigenvalue weighted by atomic mass is 35.5. The predicted molar refractivity (Wildman–Crippen MR) is 70.5 cm³/mol. The summed E-state index contributed by atoms with van der Waals surface area (Å²) in [4.78, 5) is 12.2. The molecule has 0 aromatic heterocycles. The lowest BCUT2D eigenvalue weighted by Crippen LogP contribution is -2.14. The van der Waals surface area contributed by atoms with Gasteiger partial charge in [0.1, 0.15) is 23.4 Å². The lowest BCUT2D eigenvalue weighted by molar-refractivity contribution is 0.0975. The van der Waals surface area contributed by atoms with E-state index >= 15 is 0 Å². The van der Waals surface area contributed by atoms with E-state index in [9.17, 15) is 18.0 Å². The van der Waals surface area contributed by atoms with E-state index < -0.39 is 34.7 Å². The molecule has 1 atom stereocenters. The van der Waals surface area contributed by atoms with Gasteiger partial charge in [-0.05, 0) is 29.8 Å². The molecule has 0 heterocycles. The van der Waals surface area contributed by atoms with Crippen molar-refractivity contribution in [3.05, 3.63) is 70.0 Å². The van der Waals surface area contributed by atoms with Crippen LogP contribution in [0.5, 0.6) is 0 Å². The van der Waals surface area contributed by atoms with E-state index in [1.807, 2.05) is 0 Å². The molecule has 2 aromatic carbocycles. The number of nitriles is 1. The van der Waals surface area contributed by atoms with Crippen LogP contribution in [0.15, 0.2) is 36.4 Å². The van der Waals surface area contributed by atoms with Crippen LogP contribution in [0.1, 0.15) is 21.8 Å². The van der Waals surface area contributed by atoms with Crippen LogP contribution in [-0.4, -0.2) is 5.78 Å². The largest absolute Gasteiger partial charge is 0.292 e. The second kappa shape index (κ2) is 5.98. The highest BCUT2D eigenvalue weighted by molar-refractivity contribution is 6.34. The zero-order valence-corrected chi connectivity index (χ0v) is 11.2. The Balaban J connectivity index is 2.52. The fourth-order valence-electron chi connectivity index (χ4n) is 1.90. The minimum Gasteiger partial charge on any atom is -0.292 e. The van der Waals surface area contributed by atoms with Gasteiger partial charge >= 0.3 is 0 Å².